The Morgan fingerprint density at radius 1 is 1.19 bits per heavy atom. The molecule has 4 heteroatoms. The zero-order valence-electron chi connectivity index (χ0n) is 15.3. The molecule has 0 aliphatic heterocycles. The zero-order valence-corrected chi connectivity index (χ0v) is 16.1. The Labute approximate surface area is 163 Å². The van der Waals surface area contributed by atoms with Gasteiger partial charge in [0.25, 0.3) is 0 Å². The lowest BCUT2D eigenvalue weighted by molar-refractivity contribution is 0.112. The highest BCUT2D eigenvalue weighted by Gasteiger charge is 2.26. The van der Waals surface area contributed by atoms with Gasteiger partial charge < -0.3 is 4.42 Å². The summed E-state index contributed by atoms with van der Waals surface area (Å²) >= 11 is 6.65. The van der Waals surface area contributed by atoms with Gasteiger partial charge in [-0.15, -0.1) is 0 Å². The molecule has 0 radical (unpaired) electrons. The first-order valence-corrected chi connectivity index (χ1v) is 9.52. The zero-order chi connectivity index (χ0) is 19.1. The van der Waals surface area contributed by atoms with E-state index in [4.69, 9.17) is 16.0 Å². The quantitative estimate of drug-likeness (QED) is 0.474. The third kappa shape index (κ3) is 3.10. The molecule has 0 spiro atoms. The van der Waals surface area contributed by atoms with Gasteiger partial charge in [-0.2, -0.15) is 0 Å². The number of hydrogen-bond acceptors (Lipinski definition) is 2. The third-order valence-electron chi connectivity index (χ3n) is 5.45. The normalized spacial score (nSPS) is 16.2. The highest BCUT2D eigenvalue weighted by Crippen LogP contribution is 2.43. The number of aldehydes is 1. The minimum Gasteiger partial charge on any atom is -0.460 e. The summed E-state index contributed by atoms with van der Waals surface area (Å²) in [5.74, 6) is 1.96. The average Bonchev–Trinajstić information content (AvgIpc) is 2.98. The highest BCUT2D eigenvalue weighted by molar-refractivity contribution is 6.36. The Morgan fingerprint density at radius 3 is 2.63 bits per heavy atom. The summed E-state index contributed by atoms with van der Waals surface area (Å²) in [5, 5.41) is 0.330. The Balaban J connectivity index is 1.85. The number of halogens is 2. The molecule has 2 nitrogen and oxygen atoms in total. The van der Waals surface area contributed by atoms with Gasteiger partial charge >= 0.3 is 0 Å². The molecule has 4 rings (SSSR count). The van der Waals surface area contributed by atoms with Crippen molar-refractivity contribution in [2.24, 2.45) is 5.92 Å². The minimum absolute atomic E-state index is 0.328. The summed E-state index contributed by atoms with van der Waals surface area (Å²) < 4.78 is 20.8. The predicted molar refractivity (Wildman–Crippen MR) is 106 cm³/mol. The van der Waals surface area contributed by atoms with Crippen molar-refractivity contribution in [1.82, 2.24) is 0 Å². The fourth-order valence-corrected chi connectivity index (χ4v) is 4.23. The van der Waals surface area contributed by atoms with E-state index in [0.29, 0.717) is 33.2 Å². The van der Waals surface area contributed by atoms with Crippen LogP contribution in [0.25, 0.3) is 22.5 Å². The van der Waals surface area contributed by atoms with Crippen LogP contribution < -0.4 is 0 Å². The van der Waals surface area contributed by atoms with Crippen molar-refractivity contribution in [3.63, 3.8) is 0 Å². The molecule has 0 saturated carbocycles. The Bertz CT molecular complexity index is 1020. The van der Waals surface area contributed by atoms with Gasteiger partial charge in [0.1, 0.15) is 23.6 Å². The third-order valence-corrected chi connectivity index (χ3v) is 5.84. The highest BCUT2D eigenvalue weighted by atomic mass is 35.5. The lowest BCUT2D eigenvalue weighted by Crippen LogP contribution is -2.09. The molecule has 27 heavy (non-hydrogen) atoms. The molecular formula is C23H20ClFO2. The van der Waals surface area contributed by atoms with Gasteiger partial charge in [0.2, 0.25) is 0 Å². The van der Waals surface area contributed by atoms with Gasteiger partial charge in [0, 0.05) is 23.1 Å². The summed E-state index contributed by atoms with van der Waals surface area (Å²) in [4.78, 5) is 10.9. The Hall–Kier alpha value is -2.39. The molecule has 3 aromatic rings. The van der Waals surface area contributed by atoms with Gasteiger partial charge in [0.15, 0.2) is 0 Å². The molecule has 0 bridgehead atoms. The summed E-state index contributed by atoms with van der Waals surface area (Å²) in [6.45, 7) is 4.28. The van der Waals surface area contributed by atoms with E-state index in [1.54, 1.807) is 30.3 Å². The van der Waals surface area contributed by atoms with E-state index in [1.807, 2.05) is 6.92 Å². The first kappa shape index (κ1) is 18.0. The summed E-state index contributed by atoms with van der Waals surface area (Å²) in [7, 11) is 0. The van der Waals surface area contributed by atoms with Crippen molar-refractivity contribution in [3.05, 3.63) is 69.7 Å². The summed E-state index contributed by atoms with van der Waals surface area (Å²) in [6.07, 6.45) is 3.84. The maximum absolute atomic E-state index is 14.6. The Kier molecular flexibility index (Phi) is 4.65. The van der Waals surface area contributed by atoms with E-state index in [1.165, 1.54) is 11.6 Å². The number of hydrogen-bond donors (Lipinski definition) is 0. The van der Waals surface area contributed by atoms with Crippen LogP contribution in [-0.2, 0) is 12.8 Å². The first-order valence-electron chi connectivity index (χ1n) is 9.14. The number of furan rings is 1. The van der Waals surface area contributed by atoms with Crippen molar-refractivity contribution in [3.8, 4) is 22.5 Å². The van der Waals surface area contributed by atoms with Crippen LogP contribution >= 0.6 is 11.6 Å². The van der Waals surface area contributed by atoms with E-state index in [-0.39, 0.29) is 0 Å². The van der Waals surface area contributed by atoms with Gasteiger partial charge in [-0.1, -0.05) is 42.8 Å². The average molecular weight is 383 g/mol. The topological polar surface area (TPSA) is 30.2 Å². The molecule has 0 amide bonds. The molecule has 138 valence electrons. The molecule has 1 aliphatic carbocycles. The number of benzene rings is 2. The Morgan fingerprint density at radius 2 is 1.93 bits per heavy atom. The van der Waals surface area contributed by atoms with Crippen LogP contribution in [0.5, 0.6) is 0 Å². The van der Waals surface area contributed by atoms with Crippen LogP contribution in [0, 0.1) is 18.7 Å². The minimum atomic E-state index is -0.398. The fourth-order valence-electron chi connectivity index (χ4n) is 3.89. The number of rotatable bonds is 3. The smallest absolute Gasteiger partial charge is 0.150 e. The van der Waals surface area contributed by atoms with Gasteiger partial charge in [-0.25, -0.2) is 4.39 Å². The van der Waals surface area contributed by atoms with Crippen molar-refractivity contribution >= 4 is 17.9 Å². The van der Waals surface area contributed by atoms with Crippen LogP contribution in [0.4, 0.5) is 4.39 Å². The van der Waals surface area contributed by atoms with E-state index in [9.17, 15) is 9.18 Å². The maximum Gasteiger partial charge on any atom is 0.150 e. The molecule has 0 N–H and O–H groups in total. The molecule has 1 heterocycles. The van der Waals surface area contributed by atoms with E-state index < -0.39 is 5.82 Å². The van der Waals surface area contributed by atoms with Crippen molar-refractivity contribution < 1.29 is 13.6 Å². The number of carbonyl (C=O) groups excluding carboxylic acids is 1. The maximum atomic E-state index is 14.6. The van der Waals surface area contributed by atoms with E-state index in [2.05, 4.69) is 6.92 Å². The summed E-state index contributed by atoms with van der Waals surface area (Å²) in [6, 6.07) is 9.83. The van der Waals surface area contributed by atoms with E-state index >= 15 is 0 Å². The summed E-state index contributed by atoms with van der Waals surface area (Å²) in [5.41, 5.74) is 4.55. The van der Waals surface area contributed by atoms with Gasteiger partial charge in [0.05, 0.1) is 5.02 Å². The van der Waals surface area contributed by atoms with Crippen molar-refractivity contribution in [2.75, 3.05) is 0 Å². The molecule has 1 aromatic heterocycles. The molecule has 2 aromatic carbocycles. The monoisotopic (exact) mass is 382 g/mol. The number of fused-ring (bicyclic) bond motifs is 1. The molecule has 1 atom stereocenters. The molecule has 1 unspecified atom stereocenters. The predicted octanol–water partition coefficient (Wildman–Crippen LogP) is 6.65. The molecule has 0 saturated heterocycles. The second kappa shape index (κ2) is 6.97. The number of carbonyl (C=O) groups is 1. The lowest BCUT2D eigenvalue weighted by Gasteiger charge is -2.16. The standard InChI is InChI=1S/C23H20ClFO2/c1-13-3-8-17-14(2)23(27-20(17)11-13)18-9-10-19(25)21(22(18)24)16-6-4-15(12-26)5-7-16/h4-7,9-10,12-13H,3,8,11H2,1-2H3. The molecular weight excluding hydrogens is 363 g/mol. The van der Waals surface area contributed by atoms with Crippen LogP contribution in [0.3, 0.4) is 0 Å². The van der Waals surface area contributed by atoms with Crippen LogP contribution in [0.2, 0.25) is 5.02 Å². The van der Waals surface area contributed by atoms with Crippen molar-refractivity contribution in [2.45, 2.75) is 33.1 Å². The largest absolute Gasteiger partial charge is 0.460 e. The lowest BCUT2D eigenvalue weighted by atomic mass is 9.87. The van der Waals surface area contributed by atoms with E-state index in [0.717, 1.165) is 42.6 Å². The molecule has 0 fully saturated rings. The van der Waals surface area contributed by atoms with Gasteiger partial charge in [-0.05, 0) is 54.5 Å². The second-order valence-electron chi connectivity index (χ2n) is 7.33. The molecule has 1 aliphatic rings. The van der Waals surface area contributed by atoms with Gasteiger partial charge in [-0.3, -0.25) is 4.79 Å². The van der Waals surface area contributed by atoms with Crippen LogP contribution in [0.1, 0.15) is 40.6 Å². The fraction of sp³-hybridized carbons (Fsp3) is 0.261. The van der Waals surface area contributed by atoms with Crippen LogP contribution in [0.15, 0.2) is 40.8 Å². The first-order chi connectivity index (χ1) is 13.0. The van der Waals surface area contributed by atoms with Crippen LogP contribution in [-0.4, -0.2) is 6.29 Å². The second-order valence-corrected chi connectivity index (χ2v) is 7.71. The van der Waals surface area contributed by atoms with Crippen molar-refractivity contribution in [1.29, 1.82) is 0 Å². The SMILES string of the molecule is Cc1c(-c2ccc(F)c(-c3ccc(C=O)cc3)c2Cl)oc2c1CCC(C)C2.